The Morgan fingerprint density at radius 3 is 2.35 bits per heavy atom. The molecule has 5 heteroatoms. The predicted molar refractivity (Wildman–Crippen MR) is 65.3 cm³/mol. The topological polar surface area (TPSA) is 81.2 Å². The summed E-state index contributed by atoms with van der Waals surface area (Å²) in [5.74, 6) is 0.702. The minimum atomic E-state index is -0.488. The number of nitrogens with zero attached hydrogens (tertiary/aromatic N) is 1. The fourth-order valence-corrected chi connectivity index (χ4v) is 1.79. The van der Waals surface area contributed by atoms with Crippen LogP contribution in [-0.2, 0) is 4.79 Å². The summed E-state index contributed by atoms with van der Waals surface area (Å²) in [4.78, 5) is 11.8. The predicted octanol–water partition coefficient (Wildman–Crippen LogP) is 1.45. The van der Waals surface area contributed by atoms with Crippen molar-refractivity contribution in [2.24, 2.45) is 11.7 Å². The van der Waals surface area contributed by atoms with Gasteiger partial charge in [-0.15, -0.1) is 0 Å². The highest BCUT2D eigenvalue weighted by Crippen LogP contribution is 2.20. The molecule has 1 amide bonds. The summed E-state index contributed by atoms with van der Waals surface area (Å²) in [6, 6.07) is -0.628. The number of amides is 1. The van der Waals surface area contributed by atoms with E-state index in [1.165, 1.54) is 0 Å². The molecule has 0 saturated heterocycles. The number of carbonyl (C=O) groups is 1. The third-order valence-corrected chi connectivity index (χ3v) is 2.90. The van der Waals surface area contributed by atoms with Gasteiger partial charge in [-0.25, -0.2) is 0 Å². The van der Waals surface area contributed by atoms with Gasteiger partial charge in [0.05, 0.1) is 17.8 Å². The number of hydrogen-bond donors (Lipinski definition) is 2. The first-order chi connectivity index (χ1) is 7.84. The molecule has 0 spiro atoms. The number of carbonyl (C=O) groups excluding carboxylic acids is 1. The molecule has 5 nitrogen and oxygen atoms in total. The van der Waals surface area contributed by atoms with Gasteiger partial charge < -0.3 is 15.6 Å². The van der Waals surface area contributed by atoms with Crippen molar-refractivity contribution >= 4 is 5.91 Å². The van der Waals surface area contributed by atoms with Crippen LogP contribution < -0.4 is 11.1 Å². The Bertz CT molecular complexity index is 379. The van der Waals surface area contributed by atoms with Crippen LogP contribution in [0.3, 0.4) is 0 Å². The van der Waals surface area contributed by atoms with Crippen molar-refractivity contribution in [3.8, 4) is 0 Å². The number of nitrogens with two attached hydrogens (primary N) is 1. The molecule has 17 heavy (non-hydrogen) atoms. The van der Waals surface area contributed by atoms with Crippen LogP contribution in [0.2, 0.25) is 0 Å². The fourth-order valence-electron chi connectivity index (χ4n) is 1.79. The summed E-state index contributed by atoms with van der Waals surface area (Å²) in [5.41, 5.74) is 7.51. The average Bonchev–Trinajstić information content (AvgIpc) is 2.56. The molecule has 0 aliphatic rings. The maximum atomic E-state index is 11.8. The van der Waals surface area contributed by atoms with E-state index in [4.69, 9.17) is 10.3 Å². The van der Waals surface area contributed by atoms with Crippen LogP contribution in [0.4, 0.5) is 0 Å². The number of rotatable bonds is 4. The Kier molecular flexibility index (Phi) is 4.28. The molecule has 1 heterocycles. The Balaban J connectivity index is 2.73. The van der Waals surface area contributed by atoms with Crippen molar-refractivity contribution in [2.45, 2.75) is 46.7 Å². The van der Waals surface area contributed by atoms with Gasteiger partial charge in [-0.2, -0.15) is 0 Å². The van der Waals surface area contributed by atoms with Crippen molar-refractivity contribution in [1.82, 2.24) is 10.5 Å². The average molecular weight is 239 g/mol. The first-order valence-electron chi connectivity index (χ1n) is 5.83. The van der Waals surface area contributed by atoms with Crippen molar-refractivity contribution < 1.29 is 9.32 Å². The van der Waals surface area contributed by atoms with Crippen LogP contribution in [0.5, 0.6) is 0 Å². The highest BCUT2D eigenvalue weighted by atomic mass is 16.5. The number of aromatic nitrogens is 1. The van der Waals surface area contributed by atoms with E-state index in [0.29, 0.717) is 0 Å². The smallest absolute Gasteiger partial charge is 0.237 e. The lowest BCUT2D eigenvalue weighted by atomic mass is 10.0. The van der Waals surface area contributed by atoms with Crippen molar-refractivity contribution in [2.75, 3.05) is 0 Å². The second-order valence-electron chi connectivity index (χ2n) is 4.74. The zero-order chi connectivity index (χ0) is 13.2. The zero-order valence-corrected chi connectivity index (χ0v) is 11.1. The summed E-state index contributed by atoms with van der Waals surface area (Å²) >= 11 is 0. The maximum absolute atomic E-state index is 11.8. The third-order valence-electron chi connectivity index (χ3n) is 2.90. The summed E-state index contributed by atoms with van der Waals surface area (Å²) in [5, 5.41) is 6.75. The summed E-state index contributed by atoms with van der Waals surface area (Å²) in [6.45, 7) is 9.43. The SMILES string of the molecule is Cc1noc(C)c1C(C)NC(=O)C(N)C(C)C. The molecule has 0 radical (unpaired) electrons. The number of nitrogens with one attached hydrogen (secondary N) is 1. The van der Waals surface area contributed by atoms with Crippen LogP contribution in [0.15, 0.2) is 4.52 Å². The van der Waals surface area contributed by atoms with E-state index in [1.54, 1.807) is 0 Å². The molecule has 1 aromatic heterocycles. The van der Waals surface area contributed by atoms with Crippen molar-refractivity contribution in [1.29, 1.82) is 0 Å². The van der Waals surface area contributed by atoms with Gasteiger partial charge in [-0.1, -0.05) is 19.0 Å². The fraction of sp³-hybridized carbons (Fsp3) is 0.667. The maximum Gasteiger partial charge on any atom is 0.237 e. The summed E-state index contributed by atoms with van der Waals surface area (Å²) < 4.78 is 5.07. The lowest BCUT2D eigenvalue weighted by Crippen LogP contribution is -2.44. The summed E-state index contributed by atoms with van der Waals surface area (Å²) in [6.07, 6.45) is 0. The lowest BCUT2D eigenvalue weighted by Gasteiger charge is -2.19. The molecule has 0 fully saturated rings. The van der Waals surface area contributed by atoms with Crippen LogP contribution in [0.25, 0.3) is 0 Å². The van der Waals surface area contributed by atoms with Gasteiger partial charge >= 0.3 is 0 Å². The first-order valence-corrected chi connectivity index (χ1v) is 5.83. The van der Waals surface area contributed by atoms with Crippen LogP contribution in [0, 0.1) is 19.8 Å². The van der Waals surface area contributed by atoms with Gasteiger partial charge in [0.15, 0.2) is 0 Å². The molecule has 1 rings (SSSR count). The molecule has 0 bridgehead atoms. The highest BCUT2D eigenvalue weighted by Gasteiger charge is 2.22. The minimum absolute atomic E-state index is 0.117. The molecule has 0 aliphatic carbocycles. The third kappa shape index (κ3) is 3.06. The Hall–Kier alpha value is -1.36. The molecule has 0 aliphatic heterocycles. The van der Waals surface area contributed by atoms with Gasteiger partial charge in [0.1, 0.15) is 5.76 Å². The Morgan fingerprint density at radius 1 is 1.35 bits per heavy atom. The van der Waals surface area contributed by atoms with Gasteiger partial charge in [0.2, 0.25) is 5.91 Å². The van der Waals surface area contributed by atoms with E-state index in [0.717, 1.165) is 17.0 Å². The van der Waals surface area contributed by atoms with Crippen LogP contribution >= 0.6 is 0 Å². The second-order valence-corrected chi connectivity index (χ2v) is 4.74. The highest BCUT2D eigenvalue weighted by molar-refractivity contribution is 5.82. The Labute approximate surface area is 102 Å². The standard InChI is InChI=1S/C12H21N3O2/c1-6(2)11(13)12(16)14-7(3)10-8(4)15-17-9(10)5/h6-7,11H,13H2,1-5H3,(H,14,16). The first kappa shape index (κ1) is 13.7. The van der Waals surface area contributed by atoms with Crippen molar-refractivity contribution in [3.63, 3.8) is 0 Å². The molecule has 3 N–H and O–H groups in total. The number of aryl methyl sites for hydroxylation is 2. The molecular formula is C12H21N3O2. The normalized spacial score (nSPS) is 14.8. The van der Waals surface area contributed by atoms with Gasteiger partial charge in [-0.05, 0) is 26.7 Å². The van der Waals surface area contributed by atoms with Crippen LogP contribution in [0.1, 0.15) is 43.8 Å². The van der Waals surface area contributed by atoms with Gasteiger partial charge in [0.25, 0.3) is 0 Å². The van der Waals surface area contributed by atoms with E-state index in [9.17, 15) is 4.79 Å². The van der Waals surface area contributed by atoms with E-state index >= 15 is 0 Å². The van der Waals surface area contributed by atoms with Crippen LogP contribution in [-0.4, -0.2) is 17.1 Å². The Morgan fingerprint density at radius 2 is 1.94 bits per heavy atom. The zero-order valence-electron chi connectivity index (χ0n) is 11.1. The molecule has 0 aromatic carbocycles. The largest absolute Gasteiger partial charge is 0.361 e. The monoisotopic (exact) mass is 239 g/mol. The van der Waals surface area contributed by atoms with Crippen molar-refractivity contribution in [3.05, 3.63) is 17.0 Å². The lowest BCUT2D eigenvalue weighted by molar-refractivity contribution is -0.123. The van der Waals surface area contributed by atoms with E-state index in [1.807, 2.05) is 34.6 Å². The molecule has 2 unspecified atom stereocenters. The van der Waals surface area contributed by atoms with Gasteiger partial charge in [-0.3, -0.25) is 4.79 Å². The summed E-state index contributed by atoms with van der Waals surface area (Å²) in [7, 11) is 0. The van der Waals surface area contributed by atoms with E-state index < -0.39 is 6.04 Å². The number of hydrogen-bond acceptors (Lipinski definition) is 4. The second kappa shape index (κ2) is 5.31. The molecule has 1 aromatic rings. The molecule has 2 atom stereocenters. The van der Waals surface area contributed by atoms with E-state index in [-0.39, 0.29) is 17.9 Å². The molecular weight excluding hydrogens is 218 g/mol. The van der Waals surface area contributed by atoms with E-state index in [2.05, 4.69) is 10.5 Å². The minimum Gasteiger partial charge on any atom is -0.361 e. The molecule has 0 saturated carbocycles. The molecule has 96 valence electrons. The van der Waals surface area contributed by atoms with Gasteiger partial charge in [0, 0.05) is 5.56 Å². The quantitative estimate of drug-likeness (QED) is 0.833.